The first-order valence-corrected chi connectivity index (χ1v) is 11.0. The molecule has 1 heterocycles. The maximum Gasteiger partial charge on any atom is 0.239 e. The lowest BCUT2D eigenvalue weighted by atomic mass is 9.78. The topological polar surface area (TPSA) is 61.4 Å². The van der Waals surface area contributed by atoms with Crippen LogP contribution in [0.4, 0.5) is 11.4 Å². The summed E-state index contributed by atoms with van der Waals surface area (Å²) < 4.78 is 1.00. The van der Waals surface area contributed by atoms with E-state index in [0.29, 0.717) is 23.8 Å². The van der Waals surface area contributed by atoms with Gasteiger partial charge in [-0.25, -0.2) is 0 Å². The highest BCUT2D eigenvalue weighted by Gasteiger charge is 2.42. The van der Waals surface area contributed by atoms with Crippen molar-refractivity contribution in [1.82, 2.24) is 5.32 Å². The van der Waals surface area contributed by atoms with Gasteiger partial charge in [0, 0.05) is 23.2 Å². The third kappa shape index (κ3) is 4.14. The molecular weight excluding hydrogens is 454 g/mol. The molecule has 1 aliphatic heterocycles. The van der Waals surface area contributed by atoms with Crippen molar-refractivity contribution in [3.63, 3.8) is 0 Å². The van der Waals surface area contributed by atoms with Crippen molar-refractivity contribution in [2.24, 2.45) is 0 Å². The van der Waals surface area contributed by atoms with E-state index in [2.05, 4.69) is 26.6 Å². The highest BCUT2D eigenvalue weighted by Crippen LogP contribution is 2.42. The van der Waals surface area contributed by atoms with Crippen molar-refractivity contribution in [1.29, 1.82) is 0 Å². The molecule has 152 valence electrons. The number of nitrogens with zero attached hydrogens (tertiary/aromatic N) is 1. The van der Waals surface area contributed by atoms with E-state index >= 15 is 0 Å². The lowest BCUT2D eigenvalue weighted by Crippen LogP contribution is -2.47. The fraction of sp³-hybridized carbons (Fsp3) is 0.364. The molecule has 0 unspecified atom stereocenters. The molecule has 2 aliphatic rings. The third-order valence-corrected chi connectivity index (χ3v) is 6.70. The molecule has 2 amide bonds. The number of anilines is 2. The Hall–Kier alpha value is -2.05. The van der Waals surface area contributed by atoms with Gasteiger partial charge in [-0.15, -0.1) is 0 Å². The average molecular weight is 477 g/mol. The predicted molar refractivity (Wildman–Crippen MR) is 120 cm³/mol. The summed E-state index contributed by atoms with van der Waals surface area (Å²) in [5.74, 6) is 0.000795. The van der Waals surface area contributed by atoms with Gasteiger partial charge in [-0.2, -0.15) is 0 Å². The molecule has 4 rings (SSSR count). The number of nitrogens with one attached hydrogen (secondary N) is 2. The Morgan fingerprint density at radius 1 is 1.14 bits per heavy atom. The van der Waals surface area contributed by atoms with Crippen LogP contribution >= 0.6 is 27.5 Å². The number of halogens is 2. The monoisotopic (exact) mass is 475 g/mol. The maximum atomic E-state index is 13.3. The van der Waals surface area contributed by atoms with Gasteiger partial charge in [-0.05, 0) is 48.7 Å². The van der Waals surface area contributed by atoms with Gasteiger partial charge < -0.3 is 15.5 Å². The Bertz CT molecular complexity index is 926. The van der Waals surface area contributed by atoms with Crippen LogP contribution in [0.1, 0.15) is 31.2 Å². The molecule has 5 nitrogen and oxygen atoms in total. The summed E-state index contributed by atoms with van der Waals surface area (Å²) in [6, 6.07) is 13.5. The van der Waals surface area contributed by atoms with Crippen LogP contribution < -0.4 is 15.5 Å². The van der Waals surface area contributed by atoms with Crippen LogP contribution in [0.3, 0.4) is 0 Å². The van der Waals surface area contributed by atoms with E-state index in [9.17, 15) is 9.59 Å². The van der Waals surface area contributed by atoms with Crippen LogP contribution in [0.5, 0.6) is 0 Å². The number of carbonyl (C=O) groups is 2. The summed E-state index contributed by atoms with van der Waals surface area (Å²) in [7, 11) is 0. The summed E-state index contributed by atoms with van der Waals surface area (Å²) in [6.45, 7) is 1.60. The zero-order chi connectivity index (χ0) is 20.4. The zero-order valence-corrected chi connectivity index (χ0v) is 18.4. The molecule has 1 aliphatic carbocycles. The summed E-state index contributed by atoms with van der Waals surface area (Å²) in [5.41, 5.74) is 2.03. The van der Waals surface area contributed by atoms with Gasteiger partial charge in [-0.1, -0.05) is 52.5 Å². The van der Waals surface area contributed by atoms with Crippen LogP contribution in [0.15, 0.2) is 46.9 Å². The Balaban J connectivity index is 1.54. The Labute approximate surface area is 183 Å². The Kier molecular flexibility index (Phi) is 5.83. The van der Waals surface area contributed by atoms with Crippen molar-refractivity contribution in [3.05, 3.63) is 57.5 Å². The van der Waals surface area contributed by atoms with Crippen molar-refractivity contribution < 1.29 is 9.59 Å². The molecule has 7 heteroatoms. The molecule has 2 aromatic rings. The summed E-state index contributed by atoms with van der Waals surface area (Å²) >= 11 is 9.96. The van der Waals surface area contributed by atoms with Crippen LogP contribution in [0, 0.1) is 0 Å². The van der Waals surface area contributed by atoms with Gasteiger partial charge in [0.15, 0.2) is 0 Å². The highest BCUT2D eigenvalue weighted by molar-refractivity contribution is 9.10. The number of benzene rings is 2. The lowest BCUT2D eigenvalue weighted by Gasteiger charge is -2.30. The number of rotatable bonds is 4. The Morgan fingerprint density at radius 2 is 1.86 bits per heavy atom. The van der Waals surface area contributed by atoms with E-state index in [0.717, 1.165) is 41.4 Å². The number of carbonyl (C=O) groups excluding carboxylic acids is 2. The fourth-order valence-corrected chi connectivity index (χ4v) is 4.89. The summed E-state index contributed by atoms with van der Waals surface area (Å²) in [6.07, 6.45) is 3.77. The molecule has 0 radical (unpaired) electrons. The second-order valence-corrected chi connectivity index (χ2v) is 9.01. The van der Waals surface area contributed by atoms with Crippen molar-refractivity contribution >= 4 is 50.7 Å². The zero-order valence-electron chi connectivity index (χ0n) is 16.0. The predicted octanol–water partition coefficient (Wildman–Crippen LogP) is 4.49. The van der Waals surface area contributed by atoms with Gasteiger partial charge >= 0.3 is 0 Å². The van der Waals surface area contributed by atoms with Crippen molar-refractivity contribution in [3.8, 4) is 0 Å². The van der Waals surface area contributed by atoms with Crippen LogP contribution in [-0.4, -0.2) is 31.4 Å². The Morgan fingerprint density at radius 3 is 2.52 bits per heavy atom. The van der Waals surface area contributed by atoms with Crippen molar-refractivity contribution in [2.75, 3.05) is 29.9 Å². The standard InChI is InChI=1S/C22H23BrClN3O2/c23-16-5-3-15(4-6-16)22(9-1-2-10-22)21(29)26-17-7-8-19(18(24)13-17)27-12-11-25-20(28)14-27/h3-8,13H,1-2,9-12,14H2,(H,25,28)(H,26,29). The summed E-state index contributed by atoms with van der Waals surface area (Å²) in [5, 5.41) is 6.42. The maximum absolute atomic E-state index is 13.3. The van der Waals surface area contributed by atoms with E-state index in [1.54, 1.807) is 6.07 Å². The van der Waals surface area contributed by atoms with E-state index in [4.69, 9.17) is 11.6 Å². The minimum Gasteiger partial charge on any atom is -0.359 e. The number of amides is 2. The van der Waals surface area contributed by atoms with Crippen LogP contribution in [-0.2, 0) is 15.0 Å². The van der Waals surface area contributed by atoms with Gasteiger partial charge in [0.2, 0.25) is 11.8 Å². The quantitative estimate of drug-likeness (QED) is 0.683. The molecular formula is C22H23BrClN3O2. The first kappa shape index (κ1) is 20.2. The molecule has 29 heavy (non-hydrogen) atoms. The van der Waals surface area contributed by atoms with E-state index in [1.807, 2.05) is 41.3 Å². The average Bonchev–Trinajstić information content (AvgIpc) is 3.20. The van der Waals surface area contributed by atoms with Gasteiger partial charge in [0.05, 0.1) is 22.7 Å². The molecule has 2 aromatic carbocycles. The van der Waals surface area contributed by atoms with E-state index in [-0.39, 0.29) is 18.4 Å². The molecule has 0 bridgehead atoms. The number of piperazine rings is 1. The molecule has 1 saturated carbocycles. The van der Waals surface area contributed by atoms with Gasteiger partial charge in [0.25, 0.3) is 0 Å². The molecule has 0 aromatic heterocycles. The van der Waals surface area contributed by atoms with Crippen LogP contribution in [0.25, 0.3) is 0 Å². The largest absolute Gasteiger partial charge is 0.359 e. The minimum absolute atomic E-state index is 0.0117. The SMILES string of the molecule is O=C1CN(c2ccc(NC(=O)C3(c4ccc(Br)cc4)CCCC3)cc2Cl)CCN1. The summed E-state index contributed by atoms with van der Waals surface area (Å²) in [4.78, 5) is 26.9. The van der Waals surface area contributed by atoms with E-state index in [1.165, 1.54) is 0 Å². The normalized spacial score (nSPS) is 18.4. The highest BCUT2D eigenvalue weighted by atomic mass is 79.9. The number of hydrogen-bond donors (Lipinski definition) is 2. The molecule has 0 atom stereocenters. The van der Waals surface area contributed by atoms with E-state index < -0.39 is 5.41 Å². The first-order chi connectivity index (χ1) is 14.0. The van der Waals surface area contributed by atoms with Gasteiger partial charge in [0.1, 0.15) is 0 Å². The van der Waals surface area contributed by atoms with Gasteiger partial charge in [-0.3, -0.25) is 9.59 Å². The molecule has 2 fully saturated rings. The van der Waals surface area contributed by atoms with Crippen LogP contribution in [0.2, 0.25) is 5.02 Å². The second-order valence-electron chi connectivity index (χ2n) is 7.69. The smallest absolute Gasteiger partial charge is 0.239 e. The second kappa shape index (κ2) is 8.36. The minimum atomic E-state index is -0.503. The first-order valence-electron chi connectivity index (χ1n) is 9.87. The molecule has 1 saturated heterocycles. The molecule has 0 spiro atoms. The third-order valence-electron chi connectivity index (χ3n) is 5.87. The number of hydrogen-bond acceptors (Lipinski definition) is 3. The molecule has 2 N–H and O–H groups in total. The van der Waals surface area contributed by atoms with Crippen molar-refractivity contribution in [2.45, 2.75) is 31.1 Å². The lowest BCUT2D eigenvalue weighted by molar-refractivity contribution is -0.121. The fourth-order valence-electron chi connectivity index (χ4n) is 4.33.